The summed E-state index contributed by atoms with van der Waals surface area (Å²) in [6, 6.07) is 14.9. The first-order chi connectivity index (χ1) is 13.6. The molecule has 0 aromatic heterocycles. The molecule has 1 N–H and O–H groups in total. The van der Waals surface area contributed by atoms with Gasteiger partial charge in [0.2, 0.25) is 0 Å². The largest absolute Gasteiger partial charge is 0.380 e. The van der Waals surface area contributed by atoms with Gasteiger partial charge in [0.05, 0.1) is 19.3 Å². The van der Waals surface area contributed by atoms with Crippen molar-refractivity contribution in [2.45, 2.75) is 32.3 Å². The number of ether oxygens (including phenoxy) is 2. The third-order valence-electron chi connectivity index (χ3n) is 4.80. The van der Waals surface area contributed by atoms with Crippen molar-refractivity contribution in [2.75, 3.05) is 27.2 Å². The molecule has 2 unspecified atom stereocenters. The van der Waals surface area contributed by atoms with Crippen molar-refractivity contribution in [2.24, 2.45) is 4.99 Å². The maximum absolute atomic E-state index is 13.2. The summed E-state index contributed by atoms with van der Waals surface area (Å²) in [6.07, 6.45) is -0.0630. The molecule has 0 amide bonds. The van der Waals surface area contributed by atoms with Crippen molar-refractivity contribution in [1.82, 2.24) is 10.2 Å². The number of methoxy groups -OCH3 is 1. The van der Waals surface area contributed by atoms with Crippen LogP contribution in [0.3, 0.4) is 0 Å². The molecule has 1 heterocycles. The van der Waals surface area contributed by atoms with E-state index in [1.54, 1.807) is 26.3 Å². The first-order valence-electron chi connectivity index (χ1n) is 9.52. The third kappa shape index (κ3) is 6.65. The molecule has 3 rings (SSSR count). The molecule has 2 aromatic rings. The van der Waals surface area contributed by atoms with Crippen LogP contribution in [0.5, 0.6) is 0 Å². The van der Waals surface area contributed by atoms with Gasteiger partial charge in [-0.2, -0.15) is 0 Å². The zero-order valence-corrected chi connectivity index (χ0v) is 19.4. The Morgan fingerprint density at radius 2 is 1.79 bits per heavy atom. The molecule has 1 fully saturated rings. The van der Waals surface area contributed by atoms with E-state index >= 15 is 0 Å². The van der Waals surface area contributed by atoms with Gasteiger partial charge in [0.1, 0.15) is 11.9 Å². The van der Waals surface area contributed by atoms with Crippen LogP contribution in [0.1, 0.15) is 29.7 Å². The van der Waals surface area contributed by atoms with Crippen LogP contribution < -0.4 is 5.32 Å². The van der Waals surface area contributed by atoms with E-state index in [0.717, 1.165) is 23.6 Å². The monoisotopic (exact) mass is 513 g/mol. The summed E-state index contributed by atoms with van der Waals surface area (Å²) in [5.74, 6) is 0.599. The highest BCUT2D eigenvalue weighted by molar-refractivity contribution is 14.0. The smallest absolute Gasteiger partial charge is 0.194 e. The molecule has 7 heteroatoms. The number of nitrogens with one attached hydrogen (secondary N) is 1. The van der Waals surface area contributed by atoms with Gasteiger partial charge in [-0.05, 0) is 35.7 Å². The topological polar surface area (TPSA) is 46.1 Å². The summed E-state index contributed by atoms with van der Waals surface area (Å²) in [5, 5.41) is 3.44. The van der Waals surface area contributed by atoms with E-state index in [-0.39, 0.29) is 42.0 Å². The minimum Gasteiger partial charge on any atom is -0.380 e. The minimum absolute atomic E-state index is 0. The molecule has 29 heavy (non-hydrogen) atoms. The van der Waals surface area contributed by atoms with Crippen LogP contribution in [0.25, 0.3) is 0 Å². The van der Waals surface area contributed by atoms with Gasteiger partial charge < -0.3 is 19.7 Å². The summed E-state index contributed by atoms with van der Waals surface area (Å²) in [4.78, 5) is 6.64. The van der Waals surface area contributed by atoms with Gasteiger partial charge in [0.15, 0.2) is 5.96 Å². The van der Waals surface area contributed by atoms with Gasteiger partial charge in [-0.1, -0.05) is 36.4 Å². The third-order valence-corrected chi connectivity index (χ3v) is 4.80. The summed E-state index contributed by atoms with van der Waals surface area (Å²) in [6.45, 7) is 4.77. The van der Waals surface area contributed by atoms with E-state index in [1.807, 2.05) is 6.92 Å². The Labute approximate surface area is 189 Å². The minimum atomic E-state index is -0.238. The van der Waals surface area contributed by atoms with E-state index in [9.17, 15) is 4.39 Å². The summed E-state index contributed by atoms with van der Waals surface area (Å²) in [5.41, 5.74) is 3.30. The SMILES string of the molecule is CN=C(NCc1ccc(COC)cc1)N1CC(C)OC(c2ccc(F)cc2)C1.I. The van der Waals surface area contributed by atoms with E-state index in [1.165, 1.54) is 17.7 Å². The zero-order valence-electron chi connectivity index (χ0n) is 17.1. The number of guanidine groups is 1. The number of aliphatic imine (C=N–C) groups is 1. The van der Waals surface area contributed by atoms with E-state index in [0.29, 0.717) is 19.7 Å². The number of hydrogen-bond acceptors (Lipinski definition) is 3. The van der Waals surface area contributed by atoms with Crippen molar-refractivity contribution in [3.63, 3.8) is 0 Å². The highest BCUT2D eigenvalue weighted by atomic mass is 127. The molecule has 5 nitrogen and oxygen atoms in total. The van der Waals surface area contributed by atoms with Crippen molar-refractivity contribution in [3.05, 3.63) is 71.0 Å². The molecule has 0 aliphatic carbocycles. The molecule has 158 valence electrons. The van der Waals surface area contributed by atoms with E-state index < -0.39 is 0 Å². The average molecular weight is 513 g/mol. The Bertz CT molecular complexity index is 784. The standard InChI is InChI=1S/C22H28FN3O2.HI/c1-16-13-26(14-21(28-16)19-8-10-20(23)11-9-19)22(24-2)25-12-17-4-6-18(7-5-17)15-27-3;/h4-11,16,21H,12-15H2,1-3H3,(H,24,25);1H. The van der Waals surface area contributed by atoms with Gasteiger partial charge in [-0.3, -0.25) is 4.99 Å². The predicted molar refractivity (Wildman–Crippen MR) is 124 cm³/mol. The Hall–Kier alpha value is -1.71. The van der Waals surface area contributed by atoms with Gasteiger partial charge in [-0.25, -0.2) is 4.39 Å². The number of hydrogen-bond donors (Lipinski definition) is 1. The molecular formula is C22H29FIN3O2. The second kappa shape index (κ2) is 11.5. The molecule has 1 aliphatic rings. The van der Waals surface area contributed by atoms with E-state index in [2.05, 4.69) is 39.5 Å². The fraction of sp³-hybridized carbons (Fsp3) is 0.409. The van der Waals surface area contributed by atoms with Gasteiger partial charge in [0, 0.05) is 27.2 Å². The number of benzene rings is 2. The van der Waals surface area contributed by atoms with Crippen LogP contribution >= 0.6 is 24.0 Å². The molecule has 0 saturated carbocycles. The maximum atomic E-state index is 13.2. The van der Waals surface area contributed by atoms with Gasteiger partial charge >= 0.3 is 0 Å². The summed E-state index contributed by atoms with van der Waals surface area (Å²) >= 11 is 0. The van der Waals surface area contributed by atoms with Crippen LogP contribution in [-0.2, 0) is 22.6 Å². The van der Waals surface area contributed by atoms with Gasteiger partial charge in [-0.15, -0.1) is 24.0 Å². The quantitative estimate of drug-likeness (QED) is 0.371. The first kappa shape index (κ1) is 23.6. The first-order valence-corrected chi connectivity index (χ1v) is 9.52. The van der Waals surface area contributed by atoms with Crippen molar-refractivity contribution in [1.29, 1.82) is 0 Å². The van der Waals surface area contributed by atoms with Crippen LogP contribution in [-0.4, -0.2) is 44.2 Å². The Balaban J connectivity index is 0.00000300. The predicted octanol–water partition coefficient (Wildman–Crippen LogP) is 4.13. The van der Waals surface area contributed by atoms with Crippen LogP contribution in [0.4, 0.5) is 4.39 Å². The Morgan fingerprint density at radius 1 is 1.14 bits per heavy atom. The molecular weight excluding hydrogens is 484 g/mol. The van der Waals surface area contributed by atoms with Crippen molar-refractivity contribution in [3.8, 4) is 0 Å². The lowest BCUT2D eigenvalue weighted by atomic mass is 10.1. The molecule has 1 aliphatic heterocycles. The normalized spacial score (nSPS) is 19.6. The van der Waals surface area contributed by atoms with E-state index in [4.69, 9.17) is 9.47 Å². The van der Waals surface area contributed by atoms with Crippen molar-refractivity contribution >= 4 is 29.9 Å². The molecule has 0 spiro atoms. The lowest BCUT2D eigenvalue weighted by Crippen LogP contribution is -2.50. The second-order valence-electron chi connectivity index (χ2n) is 7.04. The zero-order chi connectivity index (χ0) is 19.9. The number of morpholine rings is 1. The summed E-state index contributed by atoms with van der Waals surface area (Å²) in [7, 11) is 3.49. The molecule has 0 bridgehead atoms. The lowest BCUT2D eigenvalue weighted by molar-refractivity contribution is -0.0605. The molecule has 0 radical (unpaired) electrons. The highest BCUT2D eigenvalue weighted by Gasteiger charge is 2.28. The lowest BCUT2D eigenvalue weighted by Gasteiger charge is -2.38. The van der Waals surface area contributed by atoms with Crippen molar-refractivity contribution < 1.29 is 13.9 Å². The van der Waals surface area contributed by atoms with Gasteiger partial charge in [0.25, 0.3) is 0 Å². The fourth-order valence-electron chi connectivity index (χ4n) is 3.42. The molecule has 2 aromatic carbocycles. The van der Waals surface area contributed by atoms with Crippen LogP contribution in [0, 0.1) is 5.82 Å². The number of nitrogens with zero attached hydrogens (tertiary/aromatic N) is 2. The number of halogens is 2. The Kier molecular flexibility index (Phi) is 9.32. The van der Waals surface area contributed by atoms with Crippen LogP contribution in [0.15, 0.2) is 53.5 Å². The highest BCUT2D eigenvalue weighted by Crippen LogP contribution is 2.25. The second-order valence-corrected chi connectivity index (χ2v) is 7.04. The number of rotatable bonds is 5. The average Bonchev–Trinajstić information content (AvgIpc) is 2.70. The molecule has 2 atom stereocenters. The Morgan fingerprint density at radius 3 is 2.41 bits per heavy atom. The maximum Gasteiger partial charge on any atom is 0.194 e. The molecule has 1 saturated heterocycles. The van der Waals surface area contributed by atoms with Crippen LogP contribution in [0.2, 0.25) is 0 Å². The summed E-state index contributed by atoms with van der Waals surface area (Å²) < 4.78 is 24.5. The fourth-order valence-corrected chi connectivity index (χ4v) is 3.42.